The Morgan fingerprint density at radius 3 is 2.42 bits per heavy atom. The van der Waals surface area contributed by atoms with E-state index in [0.29, 0.717) is 0 Å². The van der Waals surface area contributed by atoms with E-state index in [4.69, 9.17) is 5.11 Å². The fourth-order valence-corrected chi connectivity index (χ4v) is 1.86. The molecule has 0 aliphatic carbocycles. The lowest BCUT2D eigenvalue weighted by atomic mass is 9.94. The molecular formula is C15H24N2O2. The lowest BCUT2D eigenvalue weighted by Crippen LogP contribution is -2.42. The lowest BCUT2D eigenvalue weighted by Gasteiger charge is -2.29. The summed E-state index contributed by atoms with van der Waals surface area (Å²) in [5, 5.41) is 15.3. The highest BCUT2D eigenvalue weighted by atomic mass is 16.3. The Balaban J connectivity index is 2.55. The van der Waals surface area contributed by atoms with Gasteiger partial charge in [0.1, 0.15) is 0 Å². The normalized spacial score (nSPS) is 13.9. The zero-order chi connectivity index (χ0) is 14.3. The van der Waals surface area contributed by atoms with Crippen molar-refractivity contribution in [2.24, 2.45) is 0 Å². The Morgan fingerprint density at radius 2 is 1.95 bits per heavy atom. The molecule has 4 nitrogen and oxygen atoms in total. The molecular weight excluding hydrogens is 240 g/mol. The number of anilines is 1. The van der Waals surface area contributed by atoms with Crippen LogP contribution in [0.3, 0.4) is 0 Å². The minimum absolute atomic E-state index is 0.0367. The molecule has 106 valence electrons. The molecule has 0 spiro atoms. The van der Waals surface area contributed by atoms with Gasteiger partial charge in [-0.05, 0) is 37.5 Å². The van der Waals surface area contributed by atoms with E-state index in [9.17, 15) is 4.79 Å². The van der Waals surface area contributed by atoms with Gasteiger partial charge in [-0.2, -0.15) is 0 Å². The molecule has 1 aromatic rings. The number of benzene rings is 1. The summed E-state index contributed by atoms with van der Waals surface area (Å²) < 4.78 is 0. The monoisotopic (exact) mass is 264 g/mol. The Hall–Kier alpha value is -1.39. The number of aliphatic hydroxyl groups excluding tert-OH is 1. The van der Waals surface area contributed by atoms with Gasteiger partial charge in [-0.25, -0.2) is 0 Å². The Morgan fingerprint density at radius 1 is 1.32 bits per heavy atom. The van der Waals surface area contributed by atoms with Crippen molar-refractivity contribution in [1.82, 2.24) is 5.32 Å². The minimum Gasteiger partial charge on any atom is -0.396 e. The first-order valence-corrected chi connectivity index (χ1v) is 6.71. The van der Waals surface area contributed by atoms with Gasteiger partial charge in [0.2, 0.25) is 5.91 Å². The van der Waals surface area contributed by atoms with Crippen molar-refractivity contribution < 1.29 is 9.90 Å². The molecule has 0 aliphatic rings. The first-order valence-electron chi connectivity index (χ1n) is 6.71. The maximum Gasteiger partial charge on any atom is 0.221 e. The highest BCUT2D eigenvalue weighted by Gasteiger charge is 2.19. The summed E-state index contributed by atoms with van der Waals surface area (Å²) in [7, 11) is 0. The molecule has 0 radical (unpaired) electrons. The van der Waals surface area contributed by atoms with E-state index in [-0.39, 0.29) is 18.1 Å². The van der Waals surface area contributed by atoms with E-state index in [0.717, 1.165) is 30.6 Å². The van der Waals surface area contributed by atoms with Crippen molar-refractivity contribution >= 4 is 11.6 Å². The van der Waals surface area contributed by atoms with Gasteiger partial charge in [0.15, 0.2) is 0 Å². The van der Waals surface area contributed by atoms with Crippen molar-refractivity contribution in [3.8, 4) is 0 Å². The number of nitrogens with one attached hydrogen (secondary N) is 2. The van der Waals surface area contributed by atoms with Crippen molar-refractivity contribution in [2.45, 2.75) is 45.7 Å². The standard InChI is InChI=1S/C15H24N2O2/c1-4-15(3,9-10-18)16-11-13-5-7-14(8-6-13)17-12(2)19/h5-8,16,18H,4,9-11H2,1-3H3,(H,17,19). The SMILES string of the molecule is CCC(C)(CCO)NCc1ccc(NC(C)=O)cc1. The van der Waals surface area contributed by atoms with Gasteiger partial charge in [-0.3, -0.25) is 4.79 Å². The summed E-state index contributed by atoms with van der Waals surface area (Å²) in [4.78, 5) is 10.9. The van der Waals surface area contributed by atoms with Gasteiger partial charge >= 0.3 is 0 Å². The minimum atomic E-state index is -0.0626. The van der Waals surface area contributed by atoms with Gasteiger partial charge in [0.25, 0.3) is 0 Å². The fraction of sp³-hybridized carbons (Fsp3) is 0.533. The average Bonchev–Trinajstić information content (AvgIpc) is 2.38. The van der Waals surface area contributed by atoms with E-state index in [1.807, 2.05) is 24.3 Å². The quantitative estimate of drug-likeness (QED) is 0.708. The molecule has 0 saturated carbocycles. The molecule has 0 bridgehead atoms. The van der Waals surface area contributed by atoms with Crippen LogP contribution in [0.15, 0.2) is 24.3 Å². The Bertz CT molecular complexity index is 403. The number of hydrogen-bond acceptors (Lipinski definition) is 3. The molecule has 0 heterocycles. The van der Waals surface area contributed by atoms with Crippen LogP contribution in [0.4, 0.5) is 5.69 Å². The maximum absolute atomic E-state index is 10.9. The smallest absolute Gasteiger partial charge is 0.221 e. The maximum atomic E-state index is 10.9. The molecule has 0 aromatic heterocycles. The summed E-state index contributed by atoms with van der Waals surface area (Å²) in [6.07, 6.45) is 1.71. The third kappa shape index (κ3) is 5.41. The molecule has 0 aliphatic heterocycles. The molecule has 1 amide bonds. The van der Waals surface area contributed by atoms with Gasteiger partial charge in [0, 0.05) is 31.3 Å². The number of aliphatic hydroxyl groups is 1. The largest absolute Gasteiger partial charge is 0.396 e. The first kappa shape index (κ1) is 15.7. The molecule has 19 heavy (non-hydrogen) atoms. The van der Waals surface area contributed by atoms with Crippen molar-refractivity contribution in [3.63, 3.8) is 0 Å². The highest BCUT2D eigenvalue weighted by Crippen LogP contribution is 2.16. The zero-order valence-electron chi connectivity index (χ0n) is 12.0. The molecule has 0 fully saturated rings. The highest BCUT2D eigenvalue weighted by molar-refractivity contribution is 5.88. The summed E-state index contributed by atoms with van der Waals surface area (Å²) in [5.41, 5.74) is 1.93. The topological polar surface area (TPSA) is 61.4 Å². The van der Waals surface area contributed by atoms with Crippen molar-refractivity contribution in [1.29, 1.82) is 0 Å². The third-order valence-electron chi connectivity index (χ3n) is 3.44. The van der Waals surface area contributed by atoms with Crippen LogP contribution in [-0.4, -0.2) is 23.2 Å². The third-order valence-corrected chi connectivity index (χ3v) is 3.44. The number of carbonyl (C=O) groups excluding carboxylic acids is 1. The summed E-state index contributed by atoms with van der Waals surface area (Å²) in [5.74, 6) is -0.0626. The molecule has 1 atom stereocenters. The van der Waals surface area contributed by atoms with E-state index >= 15 is 0 Å². The summed E-state index contributed by atoms with van der Waals surface area (Å²) in [6.45, 7) is 6.68. The van der Waals surface area contributed by atoms with Gasteiger partial charge in [-0.1, -0.05) is 19.1 Å². The van der Waals surface area contributed by atoms with E-state index in [2.05, 4.69) is 24.5 Å². The van der Waals surface area contributed by atoms with Crippen LogP contribution >= 0.6 is 0 Å². The molecule has 1 rings (SSSR count). The summed E-state index contributed by atoms with van der Waals surface area (Å²) in [6, 6.07) is 7.78. The molecule has 3 N–H and O–H groups in total. The van der Waals surface area contributed by atoms with E-state index < -0.39 is 0 Å². The van der Waals surface area contributed by atoms with Crippen molar-refractivity contribution in [2.75, 3.05) is 11.9 Å². The van der Waals surface area contributed by atoms with E-state index in [1.165, 1.54) is 6.92 Å². The predicted molar refractivity (Wildman–Crippen MR) is 78.0 cm³/mol. The number of rotatable bonds is 7. The van der Waals surface area contributed by atoms with Gasteiger partial charge < -0.3 is 15.7 Å². The molecule has 1 aromatic carbocycles. The van der Waals surface area contributed by atoms with E-state index in [1.54, 1.807) is 0 Å². The van der Waals surface area contributed by atoms with Crippen LogP contribution < -0.4 is 10.6 Å². The summed E-state index contributed by atoms with van der Waals surface area (Å²) >= 11 is 0. The number of amides is 1. The van der Waals surface area contributed by atoms with Gasteiger partial charge in [-0.15, -0.1) is 0 Å². The second kappa shape index (κ2) is 7.26. The molecule has 1 unspecified atom stereocenters. The second-order valence-corrected chi connectivity index (χ2v) is 5.12. The number of carbonyl (C=O) groups is 1. The van der Waals surface area contributed by atoms with Gasteiger partial charge in [0.05, 0.1) is 0 Å². The Kier molecular flexibility index (Phi) is 5.99. The first-order chi connectivity index (χ1) is 8.99. The molecule has 4 heteroatoms. The Labute approximate surface area is 115 Å². The van der Waals surface area contributed by atoms with Crippen LogP contribution in [0.2, 0.25) is 0 Å². The van der Waals surface area contributed by atoms with Crippen LogP contribution in [-0.2, 0) is 11.3 Å². The van der Waals surface area contributed by atoms with Crippen molar-refractivity contribution in [3.05, 3.63) is 29.8 Å². The zero-order valence-corrected chi connectivity index (χ0v) is 12.0. The van der Waals surface area contributed by atoms with Crippen LogP contribution in [0.25, 0.3) is 0 Å². The lowest BCUT2D eigenvalue weighted by molar-refractivity contribution is -0.114. The predicted octanol–water partition coefficient (Wildman–Crippen LogP) is 2.29. The molecule has 0 saturated heterocycles. The fourth-order valence-electron chi connectivity index (χ4n) is 1.86. The van der Waals surface area contributed by atoms with Crippen LogP contribution in [0, 0.1) is 0 Å². The number of hydrogen-bond donors (Lipinski definition) is 3. The average molecular weight is 264 g/mol. The van der Waals surface area contributed by atoms with Crippen LogP contribution in [0.1, 0.15) is 39.2 Å². The second-order valence-electron chi connectivity index (χ2n) is 5.12. The van der Waals surface area contributed by atoms with Crippen LogP contribution in [0.5, 0.6) is 0 Å².